The molecule has 2 fully saturated rings. The standard InChI is InChI=1S/C29H36N4O2S/c1-19-8-9-23(33-24-15-30-16-24)14-27(19)29(34)32-20(2)21-5-3-6-22(13-21)28-11-10-26(36-28)18-31-17-25-7-4-12-35-25/h3,5-6,8-11,13-14,20,24-25,30-31,33H,4,7,12,15-18H2,1-2H3,(H,32,34)/t20-,25-/m1/s1. The van der Waals surface area contributed by atoms with Crippen LogP contribution in [0.3, 0.4) is 0 Å². The summed E-state index contributed by atoms with van der Waals surface area (Å²) in [6, 6.07) is 19.2. The molecule has 36 heavy (non-hydrogen) atoms. The first kappa shape index (κ1) is 25.0. The molecule has 6 nitrogen and oxygen atoms in total. The average Bonchev–Trinajstić information content (AvgIpc) is 3.55. The number of carbonyl (C=O) groups excluding carboxylic acids is 1. The lowest BCUT2D eigenvalue weighted by atomic mass is 10.0. The van der Waals surface area contributed by atoms with Crippen molar-refractivity contribution < 1.29 is 9.53 Å². The summed E-state index contributed by atoms with van der Waals surface area (Å²) in [5.41, 5.74) is 4.96. The highest BCUT2D eigenvalue weighted by atomic mass is 32.1. The lowest BCUT2D eigenvalue weighted by Gasteiger charge is -2.29. The van der Waals surface area contributed by atoms with E-state index in [2.05, 4.69) is 57.7 Å². The van der Waals surface area contributed by atoms with Crippen molar-refractivity contribution in [3.8, 4) is 10.4 Å². The number of carbonyl (C=O) groups is 1. The third kappa shape index (κ3) is 6.16. The molecule has 0 unspecified atom stereocenters. The molecule has 0 aliphatic carbocycles. The highest BCUT2D eigenvalue weighted by Crippen LogP contribution is 2.30. The Labute approximate surface area is 217 Å². The average molecular weight is 505 g/mol. The summed E-state index contributed by atoms with van der Waals surface area (Å²) >= 11 is 1.81. The number of thiophene rings is 1. The van der Waals surface area contributed by atoms with Crippen LogP contribution in [0, 0.1) is 6.92 Å². The third-order valence-electron chi connectivity index (χ3n) is 7.01. The Bertz CT molecular complexity index is 1180. The second kappa shape index (κ2) is 11.6. The van der Waals surface area contributed by atoms with Crippen molar-refractivity contribution in [2.24, 2.45) is 0 Å². The van der Waals surface area contributed by atoms with E-state index in [1.165, 1.54) is 21.7 Å². The molecule has 0 radical (unpaired) electrons. The molecule has 2 aliphatic heterocycles. The van der Waals surface area contributed by atoms with Crippen LogP contribution >= 0.6 is 11.3 Å². The minimum Gasteiger partial charge on any atom is -0.380 e. The molecule has 190 valence electrons. The summed E-state index contributed by atoms with van der Waals surface area (Å²) in [5, 5.41) is 13.5. The zero-order valence-corrected chi connectivity index (χ0v) is 21.9. The minimum atomic E-state index is -0.100. The number of ether oxygens (including phenoxy) is 1. The zero-order chi connectivity index (χ0) is 24.9. The molecule has 7 heteroatoms. The van der Waals surface area contributed by atoms with E-state index in [-0.39, 0.29) is 11.9 Å². The topological polar surface area (TPSA) is 74.4 Å². The van der Waals surface area contributed by atoms with Gasteiger partial charge in [-0.25, -0.2) is 0 Å². The second-order valence-corrected chi connectivity index (χ2v) is 11.1. The van der Waals surface area contributed by atoms with Crippen molar-refractivity contribution in [2.45, 2.75) is 51.4 Å². The van der Waals surface area contributed by atoms with E-state index in [4.69, 9.17) is 4.74 Å². The molecule has 1 aromatic heterocycles. The molecule has 0 saturated carbocycles. The molecule has 1 amide bonds. The van der Waals surface area contributed by atoms with Gasteiger partial charge in [0.1, 0.15) is 0 Å². The normalized spacial score (nSPS) is 18.6. The second-order valence-electron chi connectivity index (χ2n) is 9.88. The first-order valence-corrected chi connectivity index (χ1v) is 13.8. The molecular formula is C29H36N4O2S. The van der Waals surface area contributed by atoms with Crippen molar-refractivity contribution in [1.82, 2.24) is 16.0 Å². The molecule has 0 bridgehead atoms. The Balaban J connectivity index is 1.20. The first-order chi connectivity index (χ1) is 17.5. The molecule has 3 heterocycles. The van der Waals surface area contributed by atoms with Crippen LogP contribution in [-0.4, -0.2) is 44.3 Å². The number of amides is 1. The smallest absolute Gasteiger partial charge is 0.252 e. The van der Waals surface area contributed by atoms with Gasteiger partial charge in [-0.15, -0.1) is 11.3 Å². The van der Waals surface area contributed by atoms with E-state index in [0.717, 1.165) is 56.0 Å². The first-order valence-electron chi connectivity index (χ1n) is 13.0. The Morgan fingerprint density at radius 3 is 2.83 bits per heavy atom. The number of aryl methyl sites for hydroxylation is 1. The zero-order valence-electron chi connectivity index (χ0n) is 21.1. The van der Waals surface area contributed by atoms with Gasteiger partial charge in [-0.2, -0.15) is 0 Å². The number of benzene rings is 2. The predicted octanol–water partition coefficient (Wildman–Crippen LogP) is 4.87. The highest BCUT2D eigenvalue weighted by molar-refractivity contribution is 7.15. The maximum absolute atomic E-state index is 13.2. The van der Waals surface area contributed by atoms with Crippen molar-refractivity contribution in [1.29, 1.82) is 0 Å². The van der Waals surface area contributed by atoms with Crippen molar-refractivity contribution >= 4 is 22.9 Å². The fraction of sp³-hybridized carbons (Fsp3) is 0.414. The molecule has 0 spiro atoms. The van der Waals surface area contributed by atoms with Crippen LogP contribution < -0.4 is 21.3 Å². The maximum atomic E-state index is 13.2. The summed E-state index contributed by atoms with van der Waals surface area (Å²) in [6.45, 7) is 8.62. The van der Waals surface area contributed by atoms with Crippen LogP contribution in [0.25, 0.3) is 10.4 Å². The van der Waals surface area contributed by atoms with Gasteiger partial charge in [0.05, 0.1) is 18.2 Å². The molecule has 4 N–H and O–H groups in total. The third-order valence-corrected chi connectivity index (χ3v) is 8.14. The van der Waals surface area contributed by atoms with E-state index in [1.807, 2.05) is 43.4 Å². The van der Waals surface area contributed by atoms with Gasteiger partial charge in [0.25, 0.3) is 5.91 Å². The number of nitrogens with one attached hydrogen (secondary N) is 4. The van der Waals surface area contributed by atoms with Gasteiger partial charge < -0.3 is 26.0 Å². The van der Waals surface area contributed by atoms with Crippen molar-refractivity contribution in [2.75, 3.05) is 31.6 Å². The summed E-state index contributed by atoms with van der Waals surface area (Å²) in [4.78, 5) is 15.7. The van der Waals surface area contributed by atoms with E-state index in [9.17, 15) is 4.79 Å². The number of hydrogen-bond acceptors (Lipinski definition) is 6. The van der Waals surface area contributed by atoms with Gasteiger partial charge in [0.2, 0.25) is 0 Å². The Hall–Kier alpha value is -2.71. The van der Waals surface area contributed by atoms with Crippen molar-refractivity contribution in [3.63, 3.8) is 0 Å². The molecule has 2 atom stereocenters. The van der Waals surface area contributed by atoms with Crippen molar-refractivity contribution in [3.05, 3.63) is 76.2 Å². The molecule has 2 saturated heterocycles. The minimum absolute atomic E-state index is 0.0449. The van der Waals surface area contributed by atoms with Crippen LogP contribution in [-0.2, 0) is 11.3 Å². The summed E-state index contributed by atoms with van der Waals surface area (Å²) in [5.74, 6) is -0.0449. The van der Waals surface area contributed by atoms with Crippen LogP contribution in [0.15, 0.2) is 54.6 Å². The Morgan fingerprint density at radius 1 is 1.17 bits per heavy atom. The molecule has 2 aliphatic rings. The highest BCUT2D eigenvalue weighted by Gasteiger charge is 2.19. The fourth-order valence-electron chi connectivity index (χ4n) is 4.69. The SMILES string of the molecule is Cc1ccc(NC2CNC2)cc1C(=O)N[C@H](C)c1cccc(-c2ccc(CNC[C@H]3CCCO3)s2)c1. The van der Waals surface area contributed by atoms with E-state index >= 15 is 0 Å². The van der Waals surface area contributed by atoms with Gasteiger partial charge in [0, 0.05) is 53.8 Å². The number of hydrogen-bond donors (Lipinski definition) is 4. The van der Waals surface area contributed by atoms with Gasteiger partial charge in [0.15, 0.2) is 0 Å². The van der Waals surface area contributed by atoms with Gasteiger partial charge in [-0.3, -0.25) is 4.79 Å². The lowest BCUT2D eigenvalue weighted by Crippen LogP contribution is -2.51. The maximum Gasteiger partial charge on any atom is 0.252 e. The van der Waals surface area contributed by atoms with E-state index < -0.39 is 0 Å². The van der Waals surface area contributed by atoms with Gasteiger partial charge >= 0.3 is 0 Å². The fourth-order valence-corrected chi connectivity index (χ4v) is 5.67. The van der Waals surface area contributed by atoms with Crippen LogP contribution in [0.2, 0.25) is 0 Å². The summed E-state index contributed by atoms with van der Waals surface area (Å²) in [7, 11) is 0. The van der Waals surface area contributed by atoms with Crippen LogP contribution in [0.4, 0.5) is 5.69 Å². The molecular weight excluding hydrogens is 468 g/mol. The molecule has 5 rings (SSSR count). The van der Waals surface area contributed by atoms with Gasteiger partial charge in [-0.05, 0) is 73.7 Å². The lowest BCUT2D eigenvalue weighted by molar-refractivity contribution is 0.0939. The van der Waals surface area contributed by atoms with Crippen LogP contribution in [0.5, 0.6) is 0 Å². The quantitative estimate of drug-likeness (QED) is 0.317. The largest absolute Gasteiger partial charge is 0.380 e. The van der Waals surface area contributed by atoms with E-state index in [0.29, 0.717) is 17.7 Å². The van der Waals surface area contributed by atoms with Crippen LogP contribution in [0.1, 0.15) is 52.2 Å². The predicted molar refractivity (Wildman–Crippen MR) is 148 cm³/mol. The number of rotatable bonds is 10. The van der Waals surface area contributed by atoms with E-state index in [1.54, 1.807) is 0 Å². The molecule has 3 aromatic rings. The molecule has 2 aromatic carbocycles. The Morgan fingerprint density at radius 2 is 2.06 bits per heavy atom. The Kier molecular flexibility index (Phi) is 8.02. The number of anilines is 1. The monoisotopic (exact) mass is 504 g/mol. The summed E-state index contributed by atoms with van der Waals surface area (Å²) in [6.07, 6.45) is 2.69. The van der Waals surface area contributed by atoms with Gasteiger partial charge in [-0.1, -0.05) is 24.3 Å². The summed E-state index contributed by atoms with van der Waals surface area (Å²) < 4.78 is 5.70.